The molecule has 1 aliphatic heterocycles. The first-order valence-corrected chi connectivity index (χ1v) is 10.0. The van der Waals surface area contributed by atoms with Crippen molar-refractivity contribution in [3.8, 4) is 0 Å². The van der Waals surface area contributed by atoms with E-state index in [2.05, 4.69) is 5.32 Å². The molecule has 1 amide bonds. The number of benzene rings is 2. The summed E-state index contributed by atoms with van der Waals surface area (Å²) in [5.41, 5.74) is -0.0327. The smallest absolute Gasteiger partial charge is 0.255 e. The maximum absolute atomic E-state index is 14.3. The highest BCUT2D eigenvalue weighted by atomic mass is 32.2. The van der Waals surface area contributed by atoms with Crippen LogP contribution in [0.4, 0.5) is 20.2 Å². The maximum atomic E-state index is 14.3. The molecule has 0 atom stereocenters. The van der Waals surface area contributed by atoms with Gasteiger partial charge in [-0.15, -0.1) is 0 Å². The standard InChI is InChI=1S/C18H18F2N2O3S/c1-26(24,25)14-6-4-5-12(9-14)18(23)21-13-10-15(19)17(16(20)11-13)22-7-2-3-8-22/h4-6,9-11H,2-3,7-8H2,1H3,(H,21,23). The third-order valence-electron chi connectivity index (χ3n) is 4.22. The zero-order chi connectivity index (χ0) is 18.9. The van der Waals surface area contributed by atoms with E-state index in [4.69, 9.17) is 0 Å². The van der Waals surface area contributed by atoms with Crippen LogP contribution in [0.25, 0.3) is 0 Å². The lowest BCUT2D eigenvalue weighted by Gasteiger charge is -2.19. The average Bonchev–Trinajstić information content (AvgIpc) is 3.07. The van der Waals surface area contributed by atoms with Gasteiger partial charge in [0.05, 0.1) is 4.90 Å². The maximum Gasteiger partial charge on any atom is 0.255 e. The Bertz CT molecular complexity index is 932. The summed E-state index contributed by atoms with van der Waals surface area (Å²) in [5, 5.41) is 2.40. The Morgan fingerprint density at radius 3 is 2.27 bits per heavy atom. The Kier molecular flexibility index (Phi) is 4.95. The van der Waals surface area contributed by atoms with Gasteiger partial charge in [0.15, 0.2) is 21.5 Å². The van der Waals surface area contributed by atoms with E-state index in [1.54, 1.807) is 4.90 Å². The highest BCUT2D eigenvalue weighted by molar-refractivity contribution is 7.90. The predicted octanol–water partition coefficient (Wildman–Crippen LogP) is 3.22. The van der Waals surface area contributed by atoms with Crippen molar-refractivity contribution < 1.29 is 22.0 Å². The van der Waals surface area contributed by atoms with Crippen LogP contribution in [-0.4, -0.2) is 33.7 Å². The predicted molar refractivity (Wildman–Crippen MR) is 95.3 cm³/mol. The van der Waals surface area contributed by atoms with Gasteiger partial charge in [-0.2, -0.15) is 0 Å². The normalized spacial score (nSPS) is 14.5. The van der Waals surface area contributed by atoms with Crippen LogP contribution in [0.2, 0.25) is 0 Å². The Balaban J connectivity index is 1.84. The average molecular weight is 380 g/mol. The SMILES string of the molecule is CS(=O)(=O)c1cccc(C(=O)Nc2cc(F)c(N3CCCC3)c(F)c2)c1. The van der Waals surface area contributed by atoms with Crippen molar-refractivity contribution in [3.05, 3.63) is 53.6 Å². The van der Waals surface area contributed by atoms with Crippen molar-refractivity contribution in [2.45, 2.75) is 17.7 Å². The lowest BCUT2D eigenvalue weighted by atomic mass is 10.2. The van der Waals surface area contributed by atoms with E-state index in [0.29, 0.717) is 13.1 Å². The number of carbonyl (C=O) groups excluding carboxylic acids is 1. The van der Waals surface area contributed by atoms with Crippen LogP contribution in [0.15, 0.2) is 41.3 Å². The van der Waals surface area contributed by atoms with Gasteiger partial charge in [-0.1, -0.05) is 6.07 Å². The molecule has 8 heteroatoms. The fourth-order valence-electron chi connectivity index (χ4n) is 2.95. The van der Waals surface area contributed by atoms with Crippen LogP contribution in [0.3, 0.4) is 0 Å². The number of hydrogen-bond donors (Lipinski definition) is 1. The molecule has 0 spiro atoms. The quantitative estimate of drug-likeness (QED) is 0.885. The molecular formula is C18H18F2N2O3S. The minimum atomic E-state index is -3.47. The third kappa shape index (κ3) is 3.85. The minimum Gasteiger partial charge on any atom is -0.367 e. The van der Waals surface area contributed by atoms with Gasteiger partial charge in [-0.3, -0.25) is 4.79 Å². The monoisotopic (exact) mass is 380 g/mol. The van der Waals surface area contributed by atoms with E-state index in [-0.39, 0.29) is 21.8 Å². The van der Waals surface area contributed by atoms with Gasteiger partial charge >= 0.3 is 0 Å². The fraction of sp³-hybridized carbons (Fsp3) is 0.278. The number of nitrogens with zero attached hydrogens (tertiary/aromatic N) is 1. The van der Waals surface area contributed by atoms with E-state index in [9.17, 15) is 22.0 Å². The molecule has 1 saturated heterocycles. The molecule has 0 radical (unpaired) electrons. The second-order valence-corrected chi connectivity index (χ2v) is 8.25. The van der Waals surface area contributed by atoms with Crippen molar-refractivity contribution in [2.75, 3.05) is 29.6 Å². The number of halogens is 2. The molecule has 5 nitrogen and oxygen atoms in total. The minimum absolute atomic E-state index is 0.00751. The Morgan fingerprint density at radius 1 is 1.08 bits per heavy atom. The van der Waals surface area contributed by atoms with Gasteiger partial charge in [0, 0.05) is 30.6 Å². The summed E-state index contributed by atoms with van der Waals surface area (Å²) in [5.74, 6) is -2.14. The Labute approximate surface area is 150 Å². The van der Waals surface area contributed by atoms with E-state index in [1.165, 1.54) is 24.3 Å². The lowest BCUT2D eigenvalue weighted by molar-refractivity contribution is 0.102. The van der Waals surface area contributed by atoms with E-state index < -0.39 is 27.4 Å². The first-order valence-electron chi connectivity index (χ1n) is 8.11. The van der Waals surface area contributed by atoms with E-state index in [0.717, 1.165) is 31.2 Å². The van der Waals surface area contributed by atoms with Crippen LogP contribution in [0, 0.1) is 11.6 Å². The van der Waals surface area contributed by atoms with Crippen molar-refractivity contribution in [1.82, 2.24) is 0 Å². The summed E-state index contributed by atoms with van der Waals surface area (Å²) < 4.78 is 51.8. The van der Waals surface area contributed by atoms with Crippen molar-refractivity contribution in [2.24, 2.45) is 0 Å². The van der Waals surface area contributed by atoms with Gasteiger partial charge < -0.3 is 10.2 Å². The number of amides is 1. The first-order chi connectivity index (χ1) is 12.3. The van der Waals surface area contributed by atoms with Crippen molar-refractivity contribution >= 4 is 27.1 Å². The molecule has 2 aromatic rings. The number of sulfone groups is 1. The second kappa shape index (κ2) is 7.03. The molecule has 0 unspecified atom stereocenters. The zero-order valence-electron chi connectivity index (χ0n) is 14.1. The molecule has 1 aliphatic rings. The molecule has 138 valence electrons. The van der Waals surface area contributed by atoms with Crippen LogP contribution >= 0.6 is 0 Å². The first kappa shape index (κ1) is 18.3. The van der Waals surface area contributed by atoms with Crippen LogP contribution in [-0.2, 0) is 9.84 Å². The van der Waals surface area contributed by atoms with E-state index >= 15 is 0 Å². The summed E-state index contributed by atoms with van der Waals surface area (Å²) in [4.78, 5) is 13.9. The van der Waals surface area contributed by atoms with E-state index in [1.807, 2.05) is 0 Å². The van der Waals surface area contributed by atoms with Crippen molar-refractivity contribution in [1.29, 1.82) is 0 Å². The topological polar surface area (TPSA) is 66.5 Å². The fourth-order valence-corrected chi connectivity index (χ4v) is 3.62. The van der Waals surface area contributed by atoms with Gasteiger partial charge in [0.25, 0.3) is 5.91 Å². The van der Waals surface area contributed by atoms with Crippen LogP contribution in [0.5, 0.6) is 0 Å². The van der Waals surface area contributed by atoms with Crippen molar-refractivity contribution in [3.63, 3.8) is 0 Å². The van der Waals surface area contributed by atoms with Crippen LogP contribution < -0.4 is 10.2 Å². The van der Waals surface area contributed by atoms with Crippen LogP contribution in [0.1, 0.15) is 23.2 Å². The molecule has 0 aliphatic carbocycles. The Hall–Kier alpha value is -2.48. The van der Waals surface area contributed by atoms with Gasteiger partial charge in [-0.25, -0.2) is 17.2 Å². The molecule has 1 N–H and O–H groups in total. The Morgan fingerprint density at radius 2 is 1.69 bits per heavy atom. The number of rotatable bonds is 4. The zero-order valence-corrected chi connectivity index (χ0v) is 14.9. The highest BCUT2D eigenvalue weighted by Gasteiger charge is 2.21. The highest BCUT2D eigenvalue weighted by Crippen LogP contribution is 2.30. The number of carbonyl (C=O) groups is 1. The third-order valence-corrected chi connectivity index (χ3v) is 5.33. The molecule has 1 heterocycles. The summed E-state index contributed by atoms with van der Waals surface area (Å²) in [6, 6.07) is 7.58. The molecule has 2 aromatic carbocycles. The molecule has 0 aromatic heterocycles. The largest absolute Gasteiger partial charge is 0.367 e. The number of hydrogen-bond acceptors (Lipinski definition) is 4. The molecule has 0 bridgehead atoms. The molecule has 0 saturated carbocycles. The summed E-state index contributed by atoms with van der Waals surface area (Å²) in [6.07, 6.45) is 2.80. The summed E-state index contributed by atoms with van der Waals surface area (Å²) in [7, 11) is -3.47. The van der Waals surface area contributed by atoms with Gasteiger partial charge in [0.2, 0.25) is 0 Å². The number of nitrogens with one attached hydrogen (secondary N) is 1. The van der Waals surface area contributed by atoms with Gasteiger partial charge in [-0.05, 0) is 43.2 Å². The summed E-state index contributed by atoms with van der Waals surface area (Å²) >= 11 is 0. The molecule has 3 rings (SSSR count). The molecule has 26 heavy (non-hydrogen) atoms. The number of anilines is 2. The summed E-state index contributed by atoms with van der Waals surface area (Å²) in [6.45, 7) is 1.19. The lowest BCUT2D eigenvalue weighted by Crippen LogP contribution is -2.21. The molecular weight excluding hydrogens is 362 g/mol. The second-order valence-electron chi connectivity index (χ2n) is 6.24. The molecule has 1 fully saturated rings. The van der Waals surface area contributed by atoms with Gasteiger partial charge in [0.1, 0.15) is 5.69 Å².